The van der Waals surface area contributed by atoms with Crippen molar-refractivity contribution in [1.82, 2.24) is 0 Å². The second-order valence-corrected chi connectivity index (χ2v) is 4.07. The molecule has 0 nitrogen and oxygen atoms in total. The van der Waals surface area contributed by atoms with Crippen molar-refractivity contribution in [3.63, 3.8) is 0 Å². The van der Waals surface area contributed by atoms with Gasteiger partial charge in [0.1, 0.15) is 0 Å². The Morgan fingerprint density at radius 3 is 2.29 bits per heavy atom. The lowest BCUT2D eigenvalue weighted by molar-refractivity contribution is 1.52. The van der Waals surface area contributed by atoms with Gasteiger partial charge >= 0.3 is 0 Å². The topological polar surface area (TPSA) is 0 Å². The second-order valence-electron chi connectivity index (χ2n) is 4.07. The average molecular weight is 220 g/mol. The molecule has 0 saturated carbocycles. The zero-order valence-electron chi connectivity index (χ0n) is 10.1. The van der Waals surface area contributed by atoms with Crippen molar-refractivity contribution in [2.24, 2.45) is 0 Å². The first-order valence-electron chi connectivity index (χ1n) is 5.71. The van der Waals surface area contributed by atoms with Gasteiger partial charge in [-0.05, 0) is 40.5 Å². The van der Waals surface area contributed by atoms with Crippen molar-refractivity contribution < 1.29 is 0 Å². The van der Waals surface area contributed by atoms with E-state index >= 15 is 0 Å². The predicted octanol–water partition coefficient (Wildman–Crippen LogP) is 4.99. The van der Waals surface area contributed by atoms with Crippen LogP contribution in [0.15, 0.2) is 73.3 Å². The van der Waals surface area contributed by atoms with Crippen LogP contribution in [0, 0.1) is 0 Å². The van der Waals surface area contributed by atoms with Crippen LogP contribution >= 0.6 is 0 Å². The molecule has 0 saturated heterocycles. The van der Waals surface area contributed by atoms with E-state index in [0.717, 1.165) is 11.1 Å². The number of fused-ring (bicyclic) bond motifs is 1. The van der Waals surface area contributed by atoms with Crippen LogP contribution < -0.4 is 0 Å². The maximum atomic E-state index is 3.88. The maximum Gasteiger partial charge on any atom is -0.0161 e. The molecule has 0 aromatic heterocycles. The van der Waals surface area contributed by atoms with E-state index in [-0.39, 0.29) is 0 Å². The van der Waals surface area contributed by atoms with Crippen molar-refractivity contribution >= 4 is 16.3 Å². The molecule has 0 unspecified atom stereocenters. The molecule has 0 aliphatic heterocycles. The molecule has 0 amide bonds. The van der Waals surface area contributed by atoms with Crippen LogP contribution in [0.3, 0.4) is 0 Å². The van der Waals surface area contributed by atoms with Crippen LogP contribution in [0.5, 0.6) is 0 Å². The minimum Gasteiger partial charge on any atom is -0.0988 e. The van der Waals surface area contributed by atoms with E-state index in [9.17, 15) is 0 Å². The summed E-state index contributed by atoms with van der Waals surface area (Å²) < 4.78 is 0. The second kappa shape index (κ2) is 4.84. The Bertz CT molecular complexity index is 600. The van der Waals surface area contributed by atoms with Gasteiger partial charge in [0.25, 0.3) is 0 Å². The third-order valence-corrected chi connectivity index (χ3v) is 3.00. The number of benzene rings is 2. The van der Waals surface area contributed by atoms with E-state index in [2.05, 4.69) is 62.5 Å². The van der Waals surface area contributed by atoms with E-state index in [4.69, 9.17) is 0 Å². The first-order valence-corrected chi connectivity index (χ1v) is 5.71. The summed E-state index contributed by atoms with van der Waals surface area (Å²) in [5, 5.41) is 2.51. The highest BCUT2D eigenvalue weighted by atomic mass is 14.1. The average Bonchev–Trinajstić information content (AvgIpc) is 2.39. The van der Waals surface area contributed by atoms with Gasteiger partial charge < -0.3 is 0 Å². The van der Waals surface area contributed by atoms with E-state index in [0.29, 0.717) is 0 Å². The number of hydrogen-bond donors (Lipinski definition) is 0. The maximum absolute atomic E-state index is 3.88. The smallest absolute Gasteiger partial charge is 0.0161 e. The number of allylic oxidation sites excluding steroid dienone is 4. The minimum absolute atomic E-state index is 1.14. The van der Waals surface area contributed by atoms with Gasteiger partial charge in [0.2, 0.25) is 0 Å². The molecule has 0 aliphatic carbocycles. The van der Waals surface area contributed by atoms with E-state index in [1.165, 1.54) is 16.3 Å². The molecule has 0 heterocycles. The summed E-state index contributed by atoms with van der Waals surface area (Å²) >= 11 is 0. The highest BCUT2D eigenvalue weighted by Crippen LogP contribution is 2.24. The Balaban J connectivity index is 2.63. The molecule has 0 N–H and O–H groups in total. The van der Waals surface area contributed by atoms with Crippen molar-refractivity contribution in [2.45, 2.75) is 6.92 Å². The fraction of sp³-hybridized carbons (Fsp3) is 0.0588. The summed E-state index contributed by atoms with van der Waals surface area (Å²) in [6.07, 6.45) is 3.76. The molecule has 2 rings (SSSR count). The van der Waals surface area contributed by atoms with E-state index < -0.39 is 0 Å². The highest BCUT2D eigenvalue weighted by Gasteiger charge is 2.01. The Morgan fingerprint density at radius 2 is 1.65 bits per heavy atom. The lowest BCUT2D eigenvalue weighted by atomic mass is 9.98. The molecule has 2 aromatic rings. The standard InChI is InChI=1S/C17H16/c1-4-13(3)17(5-2)16-11-10-14-8-6-7-9-15(14)12-16/h4-12H,1-2H2,3H3/b17-13+. The first kappa shape index (κ1) is 11.4. The molecule has 0 bridgehead atoms. The summed E-state index contributed by atoms with van der Waals surface area (Å²) in [6.45, 7) is 9.75. The van der Waals surface area contributed by atoms with Crippen molar-refractivity contribution in [3.05, 3.63) is 78.9 Å². The van der Waals surface area contributed by atoms with Gasteiger partial charge in [-0.15, -0.1) is 0 Å². The van der Waals surface area contributed by atoms with Gasteiger partial charge in [-0.3, -0.25) is 0 Å². The lowest BCUT2D eigenvalue weighted by Gasteiger charge is -2.07. The Kier molecular flexibility index (Phi) is 3.24. The third kappa shape index (κ3) is 2.21. The Morgan fingerprint density at radius 1 is 0.941 bits per heavy atom. The number of hydrogen-bond acceptors (Lipinski definition) is 0. The van der Waals surface area contributed by atoms with Crippen LogP contribution in [-0.4, -0.2) is 0 Å². The normalized spacial score (nSPS) is 12.1. The van der Waals surface area contributed by atoms with Crippen LogP contribution in [0.1, 0.15) is 12.5 Å². The lowest BCUT2D eigenvalue weighted by Crippen LogP contribution is -1.84. The molecule has 17 heavy (non-hydrogen) atoms. The van der Waals surface area contributed by atoms with Crippen molar-refractivity contribution in [2.75, 3.05) is 0 Å². The molecule has 0 atom stereocenters. The van der Waals surface area contributed by atoms with Crippen LogP contribution in [-0.2, 0) is 0 Å². The molecule has 0 spiro atoms. The monoisotopic (exact) mass is 220 g/mol. The zero-order valence-corrected chi connectivity index (χ0v) is 10.1. The SMILES string of the molecule is C=C/C(C)=C(\C=C)c1ccc2ccccc2c1. The van der Waals surface area contributed by atoms with Crippen LogP contribution in [0.25, 0.3) is 16.3 Å². The third-order valence-electron chi connectivity index (χ3n) is 3.00. The van der Waals surface area contributed by atoms with Crippen LogP contribution in [0.4, 0.5) is 0 Å². The van der Waals surface area contributed by atoms with Gasteiger partial charge in [-0.1, -0.05) is 61.7 Å². The van der Waals surface area contributed by atoms with Gasteiger partial charge in [-0.25, -0.2) is 0 Å². The summed E-state index contributed by atoms with van der Waals surface area (Å²) in [4.78, 5) is 0. The van der Waals surface area contributed by atoms with Gasteiger partial charge in [0, 0.05) is 0 Å². The minimum atomic E-state index is 1.14. The summed E-state index contributed by atoms with van der Waals surface area (Å²) in [6, 6.07) is 14.8. The molecule has 0 heteroatoms. The molecule has 0 aliphatic rings. The molecular weight excluding hydrogens is 204 g/mol. The summed E-state index contributed by atoms with van der Waals surface area (Å²) in [5.74, 6) is 0. The zero-order chi connectivity index (χ0) is 12.3. The van der Waals surface area contributed by atoms with Crippen molar-refractivity contribution in [1.29, 1.82) is 0 Å². The Labute approximate surface area is 103 Å². The van der Waals surface area contributed by atoms with E-state index in [1.54, 1.807) is 0 Å². The predicted molar refractivity (Wildman–Crippen MR) is 76.9 cm³/mol. The summed E-state index contributed by atoms with van der Waals surface area (Å²) in [5.41, 5.74) is 3.48. The number of rotatable bonds is 3. The Hall–Kier alpha value is -2.08. The molecule has 2 aromatic carbocycles. The largest absolute Gasteiger partial charge is 0.0988 e. The highest BCUT2D eigenvalue weighted by molar-refractivity contribution is 5.88. The quantitative estimate of drug-likeness (QED) is 0.639. The molecular formula is C17H16. The molecule has 0 fully saturated rings. The van der Waals surface area contributed by atoms with E-state index in [1.807, 2.05) is 12.2 Å². The van der Waals surface area contributed by atoms with Crippen molar-refractivity contribution in [3.8, 4) is 0 Å². The van der Waals surface area contributed by atoms with Gasteiger partial charge in [0.05, 0.1) is 0 Å². The first-order chi connectivity index (χ1) is 8.26. The summed E-state index contributed by atoms with van der Waals surface area (Å²) in [7, 11) is 0. The fourth-order valence-corrected chi connectivity index (χ4v) is 1.97. The van der Waals surface area contributed by atoms with Crippen LogP contribution in [0.2, 0.25) is 0 Å². The molecule has 84 valence electrons. The molecule has 0 radical (unpaired) electrons. The fourth-order valence-electron chi connectivity index (χ4n) is 1.97. The van der Waals surface area contributed by atoms with Gasteiger partial charge in [-0.2, -0.15) is 0 Å². The van der Waals surface area contributed by atoms with Gasteiger partial charge in [0.15, 0.2) is 0 Å².